The summed E-state index contributed by atoms with van der Waals surface area (Å²) in [4.78, 5) is 16.0. The zero-order valence-corrected chi connectivity index (χ0v) is 7.71. The van der Waals surface area contributed by atoms with E-state index < -0.39 is 0 Å². The van der Waals surface area contributed by atoms with Gasteiger partial charge < -0.3 is 5.43 Å². The van der Waals surface area contributed by atoms with Gasteiger partial charge >= 0.3 is 0 Å². The molecule has 72 valence electrons. The molecule has 0 bridgehead atoms. The highest BCUT2D eigenvalue weighted by atomic mass is 16.1. The maximum Gasteiger partial charge on any atom is 0.164 e. The number of carbonyl (C=O) groups is 1. The maximum atomic E-state index is 11.6. The number of fused-ring (bicyclic) bond motifs is 1. The highest BCUT2D eigenvalue weighted by molar-refractivity contribution is 6.02. The standard InChI is InChI=1S/C10H11N3O/c14-9-3-1-2-8-7(9)4-6-5-11-13-10(6)12-8/h1-2,6,11H,3-5H2,(H,12,13). The van der Waals surface area contributed by atoms with E-state index in [1.165, 1.54) is 0 Å². The minimum atomic E-state index is 0.234. The number of allylic oxidation sites excluding steroid dienone is 3. The molecule has 4 heteroatoms. The molecule has 4 nitrogen and oxygen atoms in total. The minimum Gasteiger partial charge on any atom is -0.309 e. The Morgan fingerprint density at radius 3 is 3.36 bits per heavy atom. The molecule has 0 spiro atoms. The van der Waals surface area contributed by atoms with Gasteiger partial charge in [-0.3, -0.25) is 4.79 Å². The van der Waals surface area contributed by atoms with Crippen LogP contribution in [0.25, 0.3) is 0 Å². The van der Waals surface area contributed by atoms with E-state index in [9.17, 15) is 4.79 Å². The van der Waals surface area contributed by atoms with Gasteiger partial charge in [0.1, 0.15) is 5.84 Å². The first-order chi connectivity index (χ1) is 6.84. The van der Waals surface area contributed by atoms with Crippen molar-refractivity contribution < 1.29 is 4.79 Å². The summed E-state index contributed by atoms with van der Waals surface area (Å²) in [5, 5.41) is 0. The van der Waals surface area contributed by atoms with Crippen LogP contribution in [0.1, 0.15) is 12.8 Å². The molecule has 1 aliphatic carbocycles. The highest BCUT2D eigenvalue weighted by Crippen LogP contribution is 2.29. The van der Waals surface area contributed by atoms with Crippen LogP contribution in [0.5, 0.6) is 0 Å². The third kappa shape index (κ3) is 1.04. The Kier molecular flexibility index (Phi) is 1.58. The van der Waals surface area contributed by atoms with Gasteiger partial charge in [-0.05, 0) is 12.5 Å². The van der Waals surface area contributed by atoms with E-state index in [1.807, 2.05) is 12.2 Å². The lowest BCUT2D eigenvalue weighted by Gasteiger charge is -2.20. The second-order valence-corrected chi connectivity index (χ2v) is 3.80. The number of Topliss-reactive ketones (excluding diaryl/α,β-unsaturated/α-hetero) is 1. The number of hydrogen-bond donors (Lipinski definition) is 2. The van der Waals surface area contributed by atoms with Crippen LogP contribution in [0, 0.1) is 5.92 Å². The first-order valence-corrected chi connectivity index (χ1v) is 4.85. The summed E-state index contributed by atoms with van der Waals surface area (Å²) in [6, 6.07) is 0. The van der Waals surface area contributed by atoms with Gasteiger partial charge in [0.2, 0.25) is 0 Å². The summed E-state index contributed by atoms with van der Waals surface area (Å²) in [5.74, 6) is 1.57. The van der Waals surface area contributed by atoms with Crippen molar-refractivity contribution in [3.05, 3.63) is 23.4 Å². The maximum absolute atomic E-state index is 11.6. The molecule has 2 heterocycles. The van der Waals surface area contributed by atoms with Crippen LogP contribution in [0.2, 0.25) is 0 Å². The second kappa shape index (κ2) is 2.78. The fourth-order valence-electron chi connectivity index (χ4n) is 2.10. The minimum absolute atomic E-state index is 0.234. The van der Waals surface area contributed by atoms with Gasteiger partial charge in [0.15, 0.2) is 5.78 Å². The topological polar surface area (TPSA) is 53.5 Å². The zero-order chi connectivity index (χ0) is 9.54. The van der Waals surface area contributed by atoms with Crippen LogP contribution in [0.15, 0.2) is 28.4 Å². The summed E-state index contributed by atoms with van der Waals surface area (Å²) in [6.45, 7) is 0.868. The van der Waals surface area contributed by atoms with Gasteiger partial charge in [-0.25, -0.2) is 10.4 Å². The molecule has 0 radical (unpaired) electrons. The van der Waals surface area contributed by atoms with E-state index in [0.717, 1.165) is 30.1 Å². The van der Waals surface area contributed by atoms with E-state index in [0.29, 0.717) is 12.3 Å². The molecular weight excluding hydrogens is 178 g/mol. The average Bonchev–Trinajstić information content (AvgIpc) is 2.62. The molecule has 0 amide bonds. The molecule has 1 atom stereocenters. The summed E-state index contributed by atoms with van der Waals surface area (Å²) in [7, 11) is 0. The molecule has 14 heavy (non-hydrogen) atoms. The van der Waals surface area contributed by atoms with Crippen LogP contribution in [-0.2, 0) is 4.79 Å². The molecule has 0 aromatic heterocycles. The van der Waals surface area contributed by atoms with Crippen molar-refractivity contribution in [2.75, 3.05) is 6.54 Å². The number of carbonyl (C=O) groups excluding carboxylic acids is 1. The number of rotatable bonds is 0. The van der Waals surface area contributed by atoms with Crippen LogP contribution >= 0.6 is 0 Å². The Morgan fingerprint density at radius 1 is 1.50 bits per heavy atom. The van der Waals surface area contributed by atoms with E-state index in [2.05, 4.69) is 15.8 Å². The molecule has 1 saturated heterocycles. The predicted octanol–water partition coefficient (Wildman–Crippen LogP) is 0.296. The quantitative estimate of drug-likeness (QED) is 0.576. The Morgan fingerprint density at radius 2 is 2.43 bits per heavy atom. The molecule has 2 N–H and O–H groups in total. The average molecular weight is 189 g/mol. The number of ketones is 1. The van der Waals surface area contributed by atoms with E-state index in [4.69, 9.17) is 0 Å². The smallest absolute Gasteiger partial charge is 0.164 e. The molecule has 0 aromatic carbocycles. The number of nitrogens with zero attached hydrogens (tertiary/aromatic N) is 1. The molecule has 3 rings (SSSR count). The molecule has 3 aliphatic rings. The lowest BCUT2D eigenvalue weighted by Crippen LogP contribution is -2.29. The normalized spacial score (nSPS) is 29.6. The largest absolute Gasteiger partial charge is 0.309 e. The van der Waals surface area contributed by atoms with Crippen molar-refractivity contribution in [2.45, 2.75) is 12.8 Å². The summed E-state index contributed by atoms with van der Waals surface area (Å²) >= 11 is 0. The fraction of sp³-hybridized carbons (Fsp3) is 0.400. The molecule has 0 saturated carbocycles. The van der Waals surface area contributed by atoms with Crippen LogP contribution in [-0.4, -0.2) is 18.2 Å². The van der Waals surface area contributed by atoms with E-state index in [1.54, 1.807) is 0 Å². The molecule has 0 aromatic rings. The third-order valence-electron chi connectivity index (χ3n) is 2.87. The van der Waals surface area contributed by atoms with Crippen molar-refractivity contribution in [1.82, 2.24) is 10.9 Å². The van der Waals surface area contributed by atoms with Crippen LogP contribution in [0.4, 0.5) is 0 Å². The number of hydrazine groups is 1. The third-order valence-corrected chi connectivity index (χ3v) is 2.87. The van der Waals surface area contributed by atoms with Crippen molar-refractivity contribution in [3.63, 3.8) is 0 Å². The van der Waals surface area contributed by atoms with Crippen molar-refractivity contribution in [1.29, 1.82) is 0 Å². The first kappa shape index (κ1) is 7.94. The molecule has 2 aliphatic heterocycles. The van der Waals surface area contributed by atoms with Crippen LogP contribution in [0.3, 0.4) is 0 Å². The zero-order valence-electron chi connectivity index (χ0n) is 7.71. The van der Waals surface area contributed by atoms with E-state index in [-0.39, 0.29) is 5.78 Å². The number of aliphatic imine (C=N–C) groups is 1. The van der Waals surface area contributed by atoms with Crippen molar-refractivity contribution in [3.8, 4) is 0 Å². The predicted molar refractivity (Wildman–Crippen MR) is 52.5 cm³/mol. The summed E-state index contributed by atoms with van der Waals surface area (Å²) in [6.07, 6.45) is 5.20. The lowest BCUT2D eigenvalue weighted by atomic mass is 9.89. The van der Waals surface area contributed by atoms with E-state index >= 15 is 0 Å². The monoisotopic (exact) mass is 189 g/mol. The number of hydrogen-bond acceptors (Lipinski definition) is 4. The van der Waals surface area contributed by atoms with Gasteiger partial charge in [0, 0.05) is 24.5 Å². The Hall–Kier alpha value is -1.42. The van der Waals surface area contributed by atoms with Crippen LogP contribution < -0.4 is 10.9 Å². The highest BCUT2D eigenvalue weighted by Gasteiger charge is 2.31. The molecule has 1 fully saturated rings. The Balaban J connectivity index is 2.04. The van der Waals surface area contributed by atoms with Gasteiger partial charge in [0.25, 0.3) is 0 Å². The Labute approximate surface area is 81.8 Å². The second-order valence-electron chi connectivity index (χ2n) is 3.80. The summed E-state index contributed by atoms with van der Waals surface area (Å²) in [5.41, 5.74) is 7.83. The van der Waals surface area contributed by atoms with Crippen molar-refractivity contribution >= 4 is 11.6 Å². The van der Waals surface area contributed by atoms with Gasteiger partial charge in [-0.15, -0.1) is 0 Å². The number of nitrogens with one attached hydrogen (secondary N) is 2. The van der Waals surface area contributed by atoms with Gasteiger partial charge in [-0.2, -0.15) is 0 Å². The fourth-order valence-corrected chi connectivity index (χ4v) is 2.10. The lowest BCUT2D eigenvalue weighted by molar-refractivity contribution is -0.115. The number of amidine groups is 1. The van der Waals surface area contributed by atoms with Gasteiger partial charge in [0.05, 0.1) is 5.70 Å². The first-order valence-electron chi connectivity index (χ1n) is 4.85. The summed E-state index contributed by atoms with van der Waals surface area (Å²) < 4.78 is 0. The molecular formula is C10H11N3O. The van der Waals surface area contributed by atoms with Gasteiger partial charge in [-0.1, -0.05) is 6.08 Å². The Bertz CT molecular complexity index is 392. The molecule has 1 unspecified atom stereocenters. The SMILES string of the molecule is O=C1CC=CC2=C1CC1CNNC1=N2. The van der Waals surface area contributed by atoms with Crippen molar-refractivity contribution in [2.24, 2.45) is 10.9 Å².